The van der Waals surface area contributed by atoms with Gasteiger partial charge in [0.15, 0.2) is 0 Å². The molecule has 1 aromatic heterocycles. The van der Waals surface area contributed by atoms with Crippen LogP contribution in [0.25, 0.3) is 10.9 Å². The summed E-state index contributed by atoms with van der Waals surface area (Å²) in [5, 5.41) is 8.23. The highest BCUT2D eigenvalue weighted by Gasteiger charge is 2.24. The second kappa shape index (κ2) is 5.33. The van der Waals surface area contributed by atoms with E-state index in [2.05, 4.69) is 51.7 Å². The lowest BCUT2D eigenvalue weighted by Crippen LogP contribution is -2.48. The van der Waals surface area contributed by atoms with Crippen molar-refractivity contribution in [3.8, 4) is 0 Å². The fourth-order valence-corrected chi connectivity index (χ4v) is 3.10. The third-order valence-electron chi connectivity index (χ3n) is 4.01. The van der Waals surface area contributed by atoms with E-state index in [1.165, 1.54) is 22.2 Å². The van der Waals surface area contributed by atoms with Crippen LogP contribution in [-0.2, 0) is 0 Å². The van der Waals surface area contributed by atoms with Gasteiger partial charge in [-0.25, -0.2) is 0 Å². The van der Waals surface area contributed by atoms with Gasteiger partial charge in [-0.3, -0.25) is 4.90 Å². The lowest BCUT2D eigenvalue weighted by atomic mass is 10.1. The molecule has 1 aliphatic heterocycles. The zero-order chi connectivity index (χ0) is 13.2. The van der Waals surface area contributed by atoms with Crippen LogP contribution in [0.3, 0.4) is 0 Å². The van der Waals surface area contributed by atoms with Gasteiger partial charge in [-0.2, -0.15) is 0 Å². The number of hydrogen-bond donors (Lipinski definition) is 3. The first-order chi connectivity index (χ1) is 9.31. The number of aromatic nitrogens is 1. The summed E-state index contributed by atoms with van der Waals surface area (Å²) in [5.41, 5.74) is 3.88. The molecule has 3 N–H and O–H groups in total. The van der Waals surface area contributed by atoms with Crippen molar-refractivity contribution in [3.05, 3.63) is 35.5 Å². The number of nitrogens with zero attached hydrogens (tertiary/aromatic N) is 1. The molecule has 0 amide bonds. The normalized spacial score (nSPS) is 18.8. The highest BCUT2D eigenvalue weighted by Crippen LogP contribution is 2.29. The third kappa shape index (κ3) is 2.27. The van der Waals surface area contributed by atoms with Crippen LogP contribution in [0.5, 0.6) is 0 Å². The molecular formula is C15H22N4. The smallest absolute Gasteiger partial charge is 0.0882 e. The van der Waals surface area contributed by atoms with Crippen molar-refractivity contribution in [1.29, 1.82) is 0 Å². The SMILES string of the molecule is CNC(c1c(C)[nH]c2ccccc12)N1CCNCC1. The third-order valence-corrected chi connectivity index (χ3v) is 4.01. The lowest BCUT2D eigenvalue weighted by molar-refractivity contribution is 0.153. The molecule has 2 aromatic rings. The Morgan fingerprint density at radius 1 is 1.21 bits per heavy atom. The summed E-state index contributed by atoms with van der Waals surface area (Å²) >= 11 is 0. The van der Waals surface area contributed by atoms with Crippen molar-refractivity contribution in [2.24, 2.45) is 0 Å². The van der Waals surface area contributed by atoms with Gasteiger partial charge in [0, 0.05) is 48.3 Å². The molecule has 0 radical (unpaired) electrons. The summed E-state index contributed by atoms with van der Waals surface area (Å²) < 4.78 is 0. The number of rotatable bonds is 3. The van der Waals surface area contributed by atoms with E-state index in [4.69, 9.17) is 0 Å². The number of hydrogen-bond acceptors (Lipinski definition) is 3. The number of piperazine rings is 1. The molecule has 3 rings (SSSR count). The van der Waals surface area contributed by atoms with Crippen molar-refractivity contribution in [2.45, 2.75) is 13.1 Å². The van der Waals surface area contributed by atoms with Crippen LogP contribution >= 0.6 is 0 Å². The summed E-state index contributed by atoms with van der Waals surface area (Å²) in [6.07, 6.45) is 0.290. The highest BCUT2D eigenvalue weighted by molar-refractivity contribution is 5.85. The number of aromatic amines is 1. The summed E-state index contributed by atoms with van der Waals surface area (Å²) in [5.74, 6) is 0. The fraction of sp³-hybridized carbons (Fsp3) is 0.467. The topological polar surface area (TPSA) is 43.1 Å². The number of H-pyrrole nitrogens is 1. The Morgan fingerprint density at radius 2 is 1.95 bits per heavy atom. The lowest BCUT2D eigenvalue weighted by Gasteiger charge is -2.35. The van der Waals surface area contributed by atoms with E-state index in [9.17, 15) is 0 Å². The molecule has 0 aliphatic carbocycles. The van der Waals surface area contributed by atoms with Gasteiger partial charge in [-0.15, -0.1) is 0 Å². The van der Waals surface area contributed by atoms with Crippen molar-refractivity contribution in [2.75, 3.05) is 33.2 Å². The van der Waals surface area contributed by atoms with Crippen LogP contribution in [0, 0.1) is 6.92 Å². The molecule has 4 heteroatoms. The molecule has 4 nitrogen and oxygen atoms in total. The molecular weight excluding hydrogens is 236 g/mol. The Balaban J connectivity index is 2.02. The molecule has 0 saturated carbocycles. The number of nitrogens with one attached hydrogen (secondary N) is 3. The highest BCUT2D eigenvalue weighted by atomic mass is 15.3. The minimum atomic E-state index is 0.290. The Labute approximate surface area is 114 Å². The maximum Gasteiger partial charge on any atom is 0.0882 e. The summed E-state index contributed by atoms with van der Waals surface area (Å²) in [4.78, 5) is 6.01. The first-order valence-corrected chi connectivity index (χ1v) is 7.00. The monoisotopic (exact) mass is 258 g/mol. The summed E-state index contributed by atoms with van der Waals surface area (Å²) in [6, 6.07) is 8.56. The van der Waals surface area contributed by atoms with E-state index in [1.54, 1.807) is 0 Å². The van der Waals surface area contributed by atoms with Crippen LogP contribution in [-0.4, -0.2) is 43.1 Å². The zero-order valence-electron chi connectivity index (χ0n) is 11.7. The van der Waals surface area contributed by atoms with E-state index in [0.717, 1.165) is 26.2 Å². The largest absolute Gasteiger partial charge is 0.358 e. The van der Waals surface area contributed by atoms with Crippen molar-refractivity contribution in [3.63, 3.8) is 0 Å². The standard InChI is InChI=1S/C15H22N4/c1-11-14(12-5-3-4-6-13(12)18-11)15(16-2)19-9-7-17-8-10-19/h3-6,15-18H,7-10H2,1-2H3. The minimum absolute atomic E-state index is 0.290. The molecule has 1 fully saturated rings. The van der Waals surface area contributed by atoms with Gasteiger partial charge in [0.2, 0.25) is 0 Å². The molecule has 1 unspecified atom stereocenters. The zero-order valence-corrected chi connectivity index (χ0v) is 11.7. The maximum atomic E-state index is 3.50. The van der Waals surface area contributed by atoms with Gasteiger partial charge in [0.1, 0.15) is 0 Å². The summed E-state index contributed by atoms with van der Waals surface area (Å²) in [6.45, 7) is 6.48. The Morgan fingerprint density at radius 3 is 2.68 bits per heavy atom. The minimum Gasteiger partial charge on any atom is -0.358 e. The number of para-hydroxylation sites is 1. The molecule has 0 spiro atoms. The summed E-state index contributed by atoms with van der Waals surface area (Å²) in [7, 11) is 2.05. The van der Waals surface area contributed by atoms with Crippen LogP contribution in [0.15, 0.2) is 24.3 Å². The predicted molar refractivity (Wildman–Crippen MR) is 79.3 cm³/mol. The van der Waals surface area contributed by atoms with Gasteiger partial charge in [-0.1, -0.05) is 18.2 Å². The predicted octanol–water partition coefficient (Wildman–Crippen LogP) is 1.60. The Bertz CT molecular complexity index is 554. The van der Waals surface area contributed by atoms with Crippen molar-refractivity contribution in [1.82, 2.24) is 20.5 Å². The second-order valence-electron chi connectivity index (χ2n) is 5.19. The van der Waals surface area contributed by atoms with Crippen LogP contribution in [0.1, 0.15) is 17.4 Å². The maximum absolute atomic E-state index is 3.50. The second-order valence-corrected chi connectivity index (χ2v) is 5.19. The molecule has 2 heterocycles. The van der Waals surface area contributed by atoms with Gasteiger partial charge in [0.25, 0.3) is 0 Å². The fourth-order valence-electron chi connectivity index (χ4n) is 3.10. The van der Waals surface area contributed by atoms with E-state index >= 15 is 0 Å². The Kier molecular flexibility index (Phi) is 3.55. The average molecular weight is 258 g/mol. The van der Waals surface area contributed by atoms with Gasteiger partial charge < -0.3 is 15.6 Å². The van der Waals surface area contributed by atoms with E-state index in [1.807, 2.05) is 7.05 Å². The number of benzene rings is 1. The number of aryl methyl sites for hydroxylation is 1. The quantitative estimate of drug-likeness (QED) is 0.783. The molecule has 0 bridgehead atoms. The van der Waals surface area contributed by atoms with E-state index in [0.29, 0.717) is 6.17 Å². The molecule has 1 saturated heterocycles. The first-order valence-electron chi connectivity index (χ1n) is 7.00. The molecule has 19 heavy (non-hydrogen) atoms. The first kappa shape index (κ1) is 12.7. The molecule has 1 atom stereocenters. The Hall–Kier alpha value is -1.36. The van der Waals surface area contributed by atoms with Crippen molar-refractivity contribution < 1.29 is 0 Å². The van der Waals surface area contributed by atoms with E-state index in [-0.39, 0.29) is 0 Å². The van der Waals surface area contributed by atoms with Crippen molar-refractivity contribution >= 4 is 10.9 Å². The van der Waals surface area contributed by atoms with Gasteiger partial charge in [-0.05, 0) is 20.0 Å². The average Bonchev–Trinajstić information content (AvgIpc) is 2.78. The van der Waals surface area contributed by atoms with Crippen LogP contribution in [0.2, 0.25) is 0 Å². The van der Waals surface area contributed by atoms with Crippen LogP contribution < -0.4 is 10.6 Å². The van der Waals surface area contributed by atoms with Gasteiger partial charge >= 0.3 is 0 Å². The van der Waals surface area contributed by atoms with E-state index < -0.39 is 0 Å². The number of fused-ring (bicyclic) bond motifs is 1. The molecule has 1 aromatic carbocycles. The van der Waals surface area contributed by atoms with Gasteiger partial charge in [0.05, 0.1) is 6.17 Å². The molecule has 102 valence electrons. The molecule has 1 aliphatic rings. The van der Waals surface area contributed by atoms with Crippen LogP contribution in [0.4, 0.5) is 0 Å².